The van der Waals surface area contributed by atoms with Gasteiger partial charge in [-0.25, -0.2) is 8.78 Å². The van der Waals surface area contributed by atoms with Crippen LogP contribution in [-0.2, 0) is 0 Å². The molecule has 0 aromatic heterocycles. The van der Waals surface area contributed by atoms with E-state index in [0.717, 1.165) is 31.0 Å². The lowest BCUT2D eigenvalue weighted by molar-refractivity contribution is 0.165. The lowest BCUT2D eigenvalue weighted by Gasteiger charge is -2.13. The van der Waals surface area contributed by atoms with E-state index < -0.39 is 17.7 Å². The molecule has 2 nitrogen and oxygen atoms in total. The third-order valence-electron chi connectivity index (χ3n) is 3.10. The topological polar surface area (TPSA) is 32.3 Å². The van der Waals surface area contributed by atoms with E-state index in [2.05, 4.69) is 5.32 Å². The van der Waals surface area contributed by atoms with Crippen molar-refractivity contribution < 1.29 is 13.9 Å². The smallest absolute Gasteiger partial charge is 0.131 e. The van der Waals surface area contributed by atoms with Crippen molar-refractivity contribution in [2.75, 3.05) is 13.1 Å². The molecule has 0 aliphatic heterocycles. The van der Waals surface area contributed by atoms with Crippen molar-refractivity contribution in [3.8, 4) is 0 Å². The van der Waals surface area contributed by atoms with Gasteiger partial charge in [-0.15, -0.1) is 0 Å². The van der Waals surface area contributed by atoms with E-state index in [4.69, 9.17) is 0 Å². The summed E-state index contributed by atoms with van der Waals surface area (Å²) >= 11 is 0. The van der Waals surface area contributed by atoms with Crippen molar-refractivity contribution in [1.29, 1.82) is 0 Å². The molecule has 0 amide bonds. The van der Waals surface area contributed by atoms with Crippen LogP contribution < -0.4 is 5.32 Å². The van der Waals surface area contributed by atoms with Gasteiger partial charge in [-0.05, 0) is 31.0 Å². The molecule has 1 atom stereocenters. The van der Waals surface area contributed by atoms with Gasteiger partial charge in [0.25, 0.3) is 0 Å². The summed E-state index contributed by atoms with van der Waals surface area (Å²) in [7, 11) is 0. The average Bonchev–Trinajstić information content (AvgIpc) is 3.08. The Balaban J connectivity index is 1.82. The van der Waals surface area contributed by atoms with Gasteiger partial charge in [0.05, 0.1) is 11.7 Å². The molecule has 1 aliphatic carbocycles. The minimum atomic E-state index is -1.13. The maximum absolute atomic E-state index is 13.3. The molecular formula is C13H17F2NO. The van der Waals surface area contributed by atoms with Gasteiger partial charge in [0.2, 0.25) is 0 Å². The van der Waals surface area contributed by atoms with E-state index in [1.54, 1.807) is 0 Å². The molecule has 1 aliphatic rings. The Kier molecular flexibility index (Phi) is 4.07. The number of rotatable bonds is 6. The van der Waals surface area contributed by atoms with Crippen LogP contribution in [0.25, 0.3) is 0 Å². The first-order valence-electron chi connectivity index (χ1n) is 6.01. The van der Waals surface area contributed by atoms with Gasteiger partial charge in [-0.2, -0.15) is 0 Å². The molecule has 0 saturated heterocycles. The van der Waals surface area contributed by atoms with Crippen molar-refractivity contribution in [3.63, 3.8) is 0 Å². The predicted octanol–water partition coefficient (Wildman–Crippen LogP) is 2.39. The van der Waals surface area contributed by atoms with Crippen LogP contribution in [0.4, 0.5) is 8.78 Å². The van der Waals surface area contributed by atoms with Gasteiger partial charge in [0.15, 0.2) is 0 Å². The molecule has 0 heterocycles. The van der Waals surface area contributed by atoms with Crippen molar-refractivity contribution in [2.45, 2.75) is 25.4 Å². The molecule has 1 saturated carbocycles. The molecule has 17 heavy (non-hydrogen) atoms. The highest BCUT2D eigenvalue weighted by molar-refractivity contribution is 5.22. The van der Waals surface area contributed by atoms with Gasteiger partial charge in [-0.3, -0.25) is 0 Å². The van der Waals surface area contributed by atoms with Crippen LogP contribution in [0.2, 0.25) is 0 Å². The minimum Gasteiger partial charge on any atom is -0.387 e. The van der Waals surface area contributed by atoms with Gasteiger partial charge in [0, 0.05) is 6.54 Å². The number of aliphatic hydroxyl groups excluding tert-OH is 1. The quantitative estimate of drug-likeness (QED) is 0.749. The first kappa shape index (κ1) is 12.5. The highest BCUT2D eigenvalue weighted by Crippen LogP contribution is 2.31. The van der Waals surface area contributed by atoms with E-state index in [1.165, 1.54) is 18.9 Å². The summed E-state index contributed by atoms with van der Waals surface area (Å²) in [6.07, 6.45) is 2.51. The maximum atomic E-state index is 13.3. The highest BCUT2D eigenvalue weighted by Gasteiger charge is 2.21. The molecule has 94 valence electrons. The van der Waals surface area contributed by atoms with Crippen molar-refractivity contribution in [3.05, 3.63) is 35.4 Å². The average molecular weight is 241 g/mol. The summed E-state index contributed by atoms with van der Waals surface area (Å²) in [5.41, 5.74) is -0.244. The largest absolute Gasteiger partial charge is 0.387 e. The van der Waals surface area contributed by atoms with E-state index in [9.17, 15) is 13.9 Å². The maximum Gasteiger partial charge on any atom is 0.131 e. The molecule has 1 aromatic carbocycles. The molecule has 0 bridgehead atoms. The standard InChI is InChI=1S/C13H17F2NO/c14-10-2-1-3-11(15)13(10)12(17)8-16-7-6-9-4-5-9/h1-3,9,12,16-17H,4-8H2. The molecular weight excluding hydrogens is 224 g/mol. The Hall–Kier alpha value is -1.00. The second-order valence-corrected chi connectivity index (χ2v) is 4.59. The molecule has 0 radical (unpaired) electrons. The van der Waals surface area contributed by atoms with E-state index >= 15 is 0 Å². The highest BCUT2D eigenvalue weighted by atomic mass is 19.1. The second kappa shape index (κ2) is 5.56. The summed E-state index contributed by atoms with van der Waals surface area (Å²) in [5, 5.41) is 12.7. The number of hydrogen-bond donors (Lipinski definition) is 2. The molecule has 2 N–H and O–H groups in total. The van der Waals surface area contributed by atoms with Gasteiger partial charge in [0.1, 0.15) is 11.6 Å². The molecule has 4 heteroatoms. The zero-order valence-electron chi connectivity index (χ0n) is 9.63. The molecule has 1 unspecified atom stereocenters. The Bertz CT molecular complexity index is 359. The van der Waals surface area contributed by atoms with Crippen LogP contribution in [0.1, 0.15) is 30.9 Å². The molecule has 1 fully saturated rings. The molecule has 0 spiro atoms. The van der Waals surface area contributed by atoms with Crippen LogP contribution in [0.5, 0.6) is 0 Å². The molecule has 2 rings (SSSR count). The van der Waals surface area contributed by atoms with Crippen molar-refractivity contribution in [1.82, 2.24) is 5.32 Å². The lowest BCUT2D eigenvalue weighted by Crippen LogP contribution is -2.24. The first-order valence-corrected chi connectivity index (χ1v) is 6.01. The number of halogens is 2. The van der Waals surface area contributed by atoms with Gasteiger partial charge < -0.3 is 10.4 Å². The monoisotopic (exact) mass is 241 g/mol. The summed E-state index contributed by atoms with van der Waals surface area (Å²) in [6, 6.07) is 3.61. The van der Waals surface area contributed by atoms with Crippen LogP contribution in [0, 0.1) is 17.6 Å². The fraction of sp³-hybridized carbons (Fsp3) is 0.538. The van der Waals surface area contributed by atoms with E-state index in [-0.39, 0.29) is 12.1 Å². The number of benzene rings is 1. The fourth-order valence-electron chi connectivity index (χ4n) is 1.88. The predicted molar refractivity (Wildman–Crippen MR) is 61.5 cm³/mol. The summed E-state index contributed by atoms with van der Waals surface area (Å²) in [6.45, 7) is 0.975. The Labute approximate surface area is 99.7 Å². The SMILES string of the molecule is OC(CNCCC1CC1)c1c(F)cccc1F. The first-order chi connectivity index (χ1) is 8.18. The summed E-state index contributed by atoms with van der Waals surface area (Å²) in [4.78, 5) is 0. The normalized spacial score (nSPS) is 17.1. The van der Waals surface area contributed by atoms with Gasteiger partial charge >= 0.3 is 0 Å². The summed E-state index contributed by atoms with van der Waals surface area (Å²) < 4.78 is 26.6. The third-order valence-corrected chi connectivity index (χ3v) is 3.10. The zero-order chi connectivity index (χ0) is 12.3. The second-order valence-electron chi connectivity index (χ2n) is 4.59. The fourth-order valence-corrected chi connectivity index (χ4v) is 1.88. The Morgan fingerprint density at radius 1 is 1.29 bits per heavy atom. The Morgan fingerprint density at radius 3 is 2.53 bits per heavy atom. The van der Waals surface area contributed by atoms with Gasteiger partial charge in [-0.1, -0.05) is 18.9 Å². The van der Waals surface area contributed by atoms with Crippen LogP contribution in [-0.4, -0.2) is 18.2 Å². The zero-order valence-corrected chi connectivity index (χ0v) is 9.63. The van der Waals surface area contributed by atoms with Crippen molar-refractivity contribution >= 4 is 0 Å². The third kappa shape index (κ3) is 3.48. The number of hydrogen-bond acceptors (Lipinski definition) is 2. The number of nitrogens with one attached hydrogen (secondary N) is 1. The van der Waals surface area contributed by atoms with Crippen LogP contribution >= 0.6 is 0 Å². The summed E-state index contributed by atoms with van der Waals surface area (Å²) in [5.74, 6) is -0.576. The number of aliphatic hydroxyl groups is 1. The lowest BCUT2D eigenvalue weighted by atomic mass is 10.1. The van der Waals surface area contributed by atoms with Crippen molar-refractivity contribution in [2.24, 2.45) is 5.92 Å². The van der Waals surface area contributed by atoms with Crippen LogP contribution in [0.15, 0.2) is 18.2 Å². The molecule has 1 aromatic rings. The minimum absolute atomic E-state index is 0.185. The van der Waals surface area contributed by atoms with Crippen LogP contribution in [0.3, 0.4) is 0 Å². The Morgan fingerprint density at radius 2 is 1.94 bits per heavy atom. The van der Waals surface area contributed by atoms with E-state index in [1.807, 2.05) is 0 Å². The van der Waals surface area contributed by atoms with E-state index in [0.29, 0.717) is 0 Å².